The maximum absolute atomic E-state index is 12.2. The average molecular weight is 416 g/mol. The van der Waals surface area contributed by atoms with Crippen molar-refractivity contribution in [3.8, 4) is 23.0 Å². The summed E-state index contributed by atoms with van der Waals surface area (Å²) in [6, 6.07) is 5.10. The van der Waals surface area contributed by atoms with Gasteiger partial charge >= 0.3 is 11.9 Å². The lowest BCUT2D eigenvalue weighted by Gasteiger charge is -2.31. The molecule has 0 amide bonds. The van der Waals surface area contributed by atoms with E-state index in [1.165, 1.54) is 26.4 Å². The van der Waals surface area contributed by atoms with Crippen LogP contribution < -0.4 is 0 Å². The molecule has 160 valence electrons. The first-order valence-electron chi connectivity index (χ1n) is 9.55. The van der Waals surface area contributed by atoms with Crippen LogP contribution in [0.1, 0.15) is 69.4 Å². The molecule has 8 nitrogen and oxygen atoms in total. The van der Waals surface area contributed by atoms with Crippen molar-refractivity contribution in [2.45, 2.75) is 37.5 Å². The highest BCUT2D eigenvalue weighted by molar-refractivity contribution is 5.95. The van der Waals surface area contributed by atoms with Crippen molar-refractivity contribution in [1.29, 1.82) is 0 Å². The third-order valence-electron chi connectivity index (χ3n) is 5.65. The van der Waals surface area contributed by atoms with Gasteiger partial charge in [-0.3, -0.25) is 0 Å². The summed E-state index contributed by atoms with van der Waals surface area (Å²) in [7, 11) is 2.44. The first kappa shape index (κ1) is 21.3. The molecule has 1 aliphatic rings. The van der Waals surface area contributed by atoms with E-state index in [1.807, 2.05) is 0 Å². The first-order valence-corrected chi connectivity index (χ1v) is 9.55. The van der Waals surface area contributed by atoms with Gasteiger partial charge in [0.15, 0.2) is 0 Å². The molecule has 0 bridgehead atoms. The van der Waals surface area contributed by atoms with Crippen LogP contribution in [0, 0.1) is 0 Å². The van der Waals surface area contributed by atoms with Crippen molar-refractivity contribution in [2.24, 2.45) is 0 Å². The Labute approximate surface area is 173 Å². The van der Waals surface area contributed by atoms with Crippen LogP contribution in [-0.4, -0.2) is 46.6 Å². The van der Waals surface area contributed by atoms with Crippen LogP contribution in [-0.2, 0) is 9.47 Å². The minimum absolute atomic E-state index is 0.0315. The van der Waals surface area contributed by atoms with Crippen LogP contribution in [0.25, 0.3) is 0 Å². The number of phenolic OH excluding ortho intramolecular Hbond substituents is 4. The van der Waals surface area contributed by atoms with Crippen molar-refractivity contribution in [3.63, 3.8) is 0 Å². The van der Waals surface area contributed by atoms with E-state index in [0.29, 0.717) is 36.8 Å². The van der Waals surface area contributed by atoms with Crippen molar-refractivity contribution >= 4 is 11.9 Å². The van der Waals surface area contributed by atoms with Gasteiger partial charge in [-0.15, -0.1) is 0 Å². The molecule has 0 aliphatic heterocycles. The van der Waals surface area contributed by atoms with Crippen LogP contribution in [0.5, 0.6) is 23.0 Å². The topological polar surface area (TPSA) is 134 Å². The summed E-state index contributed by atoms with van der Waals surface area (Å²) >= 11 is 0. The number of methoxy groups -OCH3 is 2. The molecule has 4 N–H and O–H groups in total. The van der Waals surface area contributed by atoms with E-state index in [0.717, 1.165) is 12.1 Å². The summed E-state index contributed by atoms with van der Waals surface area (Å²) in [6.07, 6.45) is 2.37. The van der Waals surface area contributed by atoms with Crippen molar-refractivity contribution in [1.82, 2.24) is 0 Å². The Kier molecular flexibility index (Phi) is 6.05. The Bertz CT molecular complexity index is 894. The lowest BCUT2D eigenvalue weighted by molar-refractivity contribution is 0.0584. The maximum Gasteiger partial charge on any atom is 0.341 e. The molecular formula is C22H24O8. The molecule has 0 heterocycles. The summed E-state index contributed by atoms with van der Waals surface area (Å²) in [6.45, 7) is 0. The number of carbonyl (C=O) groups excluding carboxylic acids is 2. The van der Waals surface area contributed by atoms with Gasteiger partial charge in [-0.1, -0.05) is 0 Å². The maximum atomic E-state index is 12.2. The van der Waals surface area contributed by atoms with Crippen molar-refractivity contribution in [2.75, 3.05) is 14.2 Å². The van der Waals surface area contributed by atoms with Crippen LogP contribution >= 0.6 is 0 Å². The van der Waals surface area contributed by atoms with E-state index < -0.39 is 11.9 Å². The molecule has 1 saturated carbocycles. The van der Waals surface area contributed by atoms with Gasteiger partial charge in [0.1, 0.15) is 34.1 Å². The van der Waals surface area contributed by atoms with Crippen LogP contribution in [0.4, 0.5) is 0 Å². The molecule has 1 aliphatic carbocycles. The van der Waals surface area contributed by atoms with Gasteiger partial charge in [-0.25, -0.2) is 9.59 Å². The molecule has 0 unspecified atom stereocenters. The lowest BCUT2D eigenvalue weighted by atomic mass is 9.74. The summed E-state index contributed by atoms with van der Waals surface area (Å²) in [4.78, 5) is 24.3. The summed E-state index contributed by atoms with van der Waals surface area (Å²) in [5.74, 6) is -2.60. The molecule has 0 aromatic heterocycles. The van der Waals surface area contributed by atoms with E-state index in [-0.39, 0.29) is 46.0 Å². The molecule has 30 heavy (non-hydrogen) atoms. The van der Waals surface area contributed by atoms with Gasteiger partial charge < -0.3 is 29.9 Å². The summed E-state index contributed by atoms with van der Waals surface area (Å²) in [5, 5.41) is 40.1. The van der Waals surface area contributed by atoms with Gasteiger partial charge in [0, 0.05) is 12.1 Å². The van der Waals surface area contributed by atoms with Crippen molar-refractivity contribution in [3.05, 3.63) is 46.5 Å². The highest BCUT2D eigenvalue weighted by Gasteiger charge is 2.32. The average Bonchev–Trinajstić information content (AvgIpc) is 2.71. The molecule has 0 spiro atoms. The number of esters is 2. The molecule has 2 aromatic carbocycles. The Hall–Kier alpha value is -3.42. The molecule has 0 atom stereocenters. The number of phenols is 4. The van der Waals surface area contributed by atoms with Crippen LogP contribution in [0.3, 0.4) is 0 Å². The molecule has 2 aromatic rings. The first-order chi connectivity index (χ1) is 14.3. The number of ether oxygens (including phenoxy) is 2. The predicted molar refractivity (Wildman–Crippen MR) is 106 cm³/mol. The Morgan fingerprint density at radius 2 is 1.03 bits per heavy atom. The molecule has 3 rings (SSSR count). The highest BCUT2D eigenvalue weighted by Crippen LogP contribution is 2.46. The smallest absolute Gasteiger partial charge is 0.341 e. The second kappa shape index (κ2) is 8.52. The fraction of sp³-hybridized carbons (Fsp3) is 0.364. The molecule has 0 saturated heterocycles. The minimum atomic E-state index is -0.685. The monoisotopic (exact) mass is 416 g/mol. The quantitative estimate of drug-likeness (QED) is 0.556. The largest absolute Gasteiger partial charge is 0.508 e. The Morgan fingerprint density at radius 3 is 1.33 bits per heavy atom. The Balaban J connectivity index is 1.90. The van der Waals surface area contributed by atoms with Gasteiger partial charge in [0.25, 0.3) is 0 Å². The second-order valence-electron chi connectivity index (χ2n) is 7.39. The zero-order valence-corrected chi connectivity index (χ0v) is 16.7. The zero-order chi connectivity index (χ0) is 22.0. The Morgan fingerprint density at radius 1 is 0.700 bits per heavy atom. The van der Waals surface area contributed by atoms with Gasteiger partial charge in [-0.2, -0.15) is 0 Å². The van der Waals surface area contributed by atoms with Gasteiger partial charge in [0.05, 0.1) is 14.2 Å². The van der Waals surface area contributed by atoms with E-state index in [9.17, 15) is 30.0 Å². The number of carbonyl (C=O) groups is 2. The normalized spacial score (nSPS) is 18.6. The fourth-order valence-electron chi connectivity index (χ4n) is 4.27. The molecule has 1 fully saturated rings. The van der Waals surface area contributed by atoms with E-state index in [1.54, 1.807) is 0 Å². The lowest BCUT2D eigenvalue weighted by Crippen LogP contribution is -2.18. The number of hydrogen-bond donors (Lipinski definition) is 4. The second-order valence-corrected chi connectivity index (χ2v) is 7.39. The highest BCUT2D eigenvalue weighted by atomic mass is 16.5. The standard InChI is InChI=1S/C22H24O8/c1-29-21(27)19-15(7-13(23)9-17(19)25)11-3-5-12(6-4-11)16-8-14(24)10-18(26)20(16)22(28)30-2/h7-12,23-26H,3-6H2,1-2H3. The van der Waals surface area contributed by atoms with E-state index >= 15 is 0 Å². The molecule has 0 radical (unpaired) electrons. The van der Waals surface area contributed by atoms with Crippen LogP contribution in [0.15, 0.2) is 24.3 Å². The fourth-order valence-corrected chi connectivity index (χ4v) is 4.27. The predicted octanol–water partition coefficient (Wildman–Crippen LogP) is 3.52. The third kappa shape index (κ3) is 3.98. The minimum Gasteiger partial charge on any atom is -0.508 e. The van der Waals surface area contributed by atoms with Crippen molar-refractivity contribution < 1.29 is 39.5 Å². The molecule has 8 heteroatoms. The number of benzene rings is 2. The van der Waals surface area contributed by atoms with Crippen LogP contribution in [0.2, 0.25) is 0 Å². The molecular weight excluding hydrogens is 392 g/mol. The third-order valence-corrected chi connectivity index (χ3v) is 5.65. The number of hydrogen-bond acceptors (Lipinski definition) is 8. The van der Waals surface area contributed by atoms with E-state index in [2.05, 4.69) is 0 Å². The van der Waals surface area contributed by atoms with Gasteiger partial charge in [-0.05, 0) is 60.8 Å². The zero-order valence-electron chi connectivity index (χ0n) is 16.7. The van der Waals surface area contributed by atoms with Gasteiger partial charge in [0.2, 0.25) is 0 Å². The SMILES string of the molecule is COC(=O)c1c(O)cc(O)cc1C1CCC(c2cc(O)cc(O)c2C(=O)OC)CC1. The number of rotatable bonds is 4. The summed E-state index contributed by atoms with van der Waals surface area (Å²) < 4.78 is 9.54. The van der Waals surface area contributed by atoms with E-state index in [4.69, 9.17) is 9.47 Å². The summed E-state index contributed by atoms with van der Waals surface area (Å²) in [5.41, 5.74) is 1.07. The number of aromatic hydroxyl groups is 4.